The van der Waals surface area contributed by atoms with Crippen LogP contribution in [0.2, 0.25) is 0 Å². The van der Waals surface area contributed by atoms with E-state index in [-0.39, 0.29) is 35.0 Å². The van der Waals surface area contributed by atoms with E-state index in [1.807, 2.05) is 54.6 Å². The Hall–Kier alpha value is -5.89. The van der Waals surface area contributed by atoms with E-state index in [2.05, 4.69) is 0 Å². The minimum absolute atomic E-state index is 0.174. The summed E-state index contributed by atoms with van der Waals surface area (Å²) in [5.74, 6) is -1.35. The standard InChI is InChI=1S/C40H32N2O6/c1-25(37(43)28-17-21-30(22-18-28)47-24-26-9-3-2-4-10-26)48-40(46)34-23-36(41-35-14-8-7-11-31(34)35)27-15-19-29(20-16-27)42-38(44)32-12-5-6-13-33(32)39(42)45/h2-11,14-23,25,32-33H,12-13,24H2,1H3. The maximum atomic E-state index is 13.6. The van der Waals surface area contributed by atoms with Crippen molar-refractivity contribution in [2.24, 2.45) is 11.8 Å². The lowest BCUT2D eigenvalue weighted by molar-refractivity contribution is -0.122. The van der Waals surface area contributed by atoms with E-state index < -0.39 is 12.1 Å². The van der Waals surface area contributed by atoms with Gasteiger partial charge in [0.2, 0.25) is 17.6 Å². The van der Waals surface area contributed by atoms with Crippen LogP contribution in [-0.4, -0.2) is 34.7 Å². The van der Waals surface area contributed by atoms with E-state index >= 15 is 0 Å². The number of para-hydroxylation sites is 1. The number of hydrogen-bond donors (Lipinski definition) is 0. The molecule has 0 spiro atoms. The van der Waals surface area contributed by atoms with Crippen molar-refractivity contribution in [2.45, 2.75) is 32.5 Å². The van der Waals surface area contributed by atoms with Crippen molar-refractivity contribution in [3.8, 4) is 17.0 Å². The molecule has 0 radical (unpaired) electrons. The first kappa shape index (κ1) is 30.7. The fourth-order valence-electron chi connectivity index (χ4n) is 6.30. The summed E-state index contributed by atoms with van der Waals surface area (Å²) in [6.45, 7) is 1.96. The number of carbonyl (C=O) groups is 4. The van der Waals surface area contributed by atoms with Gasteiger partial charge in [0.25, 0.3) is 0 Å². The number of amides is 2. The highest BCUT2D eigenvalue weighted by atomic mass is 16.5. The summed E-state index contributed by atoms with van der Waals surface area (Å²) in [5.41, 5.74) is 3.99. The Morgan fingerprint density at radius 2 is 1.46 bits per heavy atom. The van der Waals surface area contributed by atoms with Crippen LogP contribution in [0.5, 0.6) is 5.75 Å². The zero-order valence-corrected chi connectivity index (χ0v) is 26.2. The number of aromatic nitrogens is 1. The van der Waals surface area contributed by atoms with Crippen LogP contribution in [-0.2, 0) is 20.9 Å². The molecule has 0 saturated carbocycles. The van der Waals surface area contributed by atoms with Gasteiger partial charge in [0.05, 0.1) is 34.3 Å². The number of Topliss-reactive ketones (excluding diaryl/α,β-unsaturated/α-hetero) is 1. The van der Waals surface area contributed by atoms with Gasteiger partial charge in [-0.1, -0.05) is 72.8 Å². The first-order valence-corrected chi connectivity index (χ1v) is 15.9. The number of fused-ring (bicyclic) bond motifs is 2. The molecule has 3 unspecified atom stereocenters. The second-order valence-electron chi connectivity index (χ2n) is 12.0. The van der Waals surface area contributed by atoms with Gasteiger partial charge in [-0.15, -0.1) is 0 Å². The lowest BCUT2D eigenvalue weighted by Crippen LogP contribution is -2.30. The number of ketones is 1. The third-order valence-corrected chi connectivity index (χ3v) is 8.91. The number of rotatable bonds is 9. The predicted octanol–water partition coefficient (Wildman–Crippen LogP) is 7.36. The molecule has 0 N–H and O–H groups in total. The average molecular weight is 637 g/mol. The van der Waals surface area contributed by atoms with Gasteiger partial charge < -0.3 is 9.47 Å². The summed E-state index contributed by atoms with van der Waals surface area (Å²) < 4.78 is 11.5. The fraction of sp³-hybridized carbons (Fsp3) is 0.175. The van der Waals surface area contributed by atoms with E-state index in [4.69, 9.17) is 14.5 Å². The molecule has 238 valence electrons. The van der Waals surface area contributed by atoms with Crippen LogP contribution < -0.4 is 9.64 Å². The van der Waals surface area contributed by atoms with Crippen LogP contribution in [0.1, 0.15) is 46.0 Å². The van der Waals surface area contributed by atoms with Gasteiger partial charge in [-0.3, -0.25) is 19.3 Å². The smallest absolute Gasteiger partial charge is 0.339 e. The Labute approximate surface area is 277 Å². The summed E-state index contributed by atoms with van der Waals surface area (Å²) in [5, 5.41) is 0.590. The Bertz CT molecular complexity index is 2030. The average Bonchev–Trinajstić information content (AvgIpc) is 3.39. The third kappa shape index (κ3) is 6.00. The number of esters is 1. The summed E-state index contributed by atoms with van der Waals surface area (Å²) in [7, 11) is 0. The van der Waals surface area contributed by atoms with Crippen LogP contribution in [0.25, 0.3) is 22.2 Å². The van der Waals surface area contributed by atoms with E-state index in [1.165, 1.54) is 4.90 Å². The molecule has 8 heteroatoms. The highest BCUT2D eigenvalue weighted by Crippen LogP contribution is 2.38. The van der Waals surface area contributed by atoms with Gasteiger partial charge in [0, 0.05) is 16.5 Å². The largest absolute Gasteiger partial charge is 0.489 e. The van der Waals surface area contributed by atoms with Crippen molar-refractivity contribution in [3.05, 3.63) is 138 Å². The lowest BCUT2D eigenvalue weighted by Gasteiger charge is -2.16. The van der Waals surface area contributed by atoms with Gasteiger partial charge in [-0.05, 0) is 73.9 Å². The Balaban J connectivity index is 1.07. The van der Waals surface area contributed by atoms with E-state index in [1.54, 1.807) is 73.7 Å². The monoisotopic (exact) mass is 636 g/mol. The quantitative estimate of drug-likeness (QED) is 0.0721. The molecule has 1 aliphatic carbocycles. The van der Waals surface area contributed by atoms with Crippen LogP contribution in [0.3, 0.4) is 0 Å². The number of pyridine rings is 1. The molecule has 2 amide bonds. The van der Waals surface area contributed by atoms with E-state index in [9.17, 15) is 19.2 Å². The predicted molar refractivity (Wildman–Crippen MR) is 181 cm³/mol. The molecule has 2 aliphatic rings. The molecule has 8 nitrogen and oxygen atoms in total. The zero-order chi connectivity index (χ0) is 33.2. The number of hydrogen-bond acceptors (Lipinski definition) is 7. The maximum Gasteiger partial charge on any atom is 0.339 e. The summed E-state index contributed by atoms with van der Waals surface area (Å²) in [6.07, 6.45) is 4.03. The minimum atomic E-state index is -1.04. The third-order valence-electron chi connectivity index (χ3n) is 8.91. The Kier molecular flexibility index (Phi) is 8.38. The molecule has 2 heterocycles. The number of carbonyl (C=O) groups excluding carboxylic acids is 4. The molecule has 0 bridgehead atoms. The van der Waals surface area contributed by atoms with Crippen molar-refractivity contribution in [1.82, 2.24) is 4.98 Å². The Morgan fingerprint density at radius 3 is 2.15 bits per heavy atom. The molecule has 1 aliphatic heterocycles. The molecule has 1 aromatic heterocycles. The zero-order valence-electron chi connectivity index (χ0n) is 26.2. The molecule has 1 saturated heterocycles. The minimum Gasteiger partial charge on any atom is -0.489 e. The summed E-state index contributed by atoms with van der Waals surface area (Å²) >= 11 is 0. The Morgan fingerprint density at radius 1 is 0.812 bits per heavy atom. The second-order valence-corrected chi connectivity index (χ2v) is 12.0. The van der Waals surface area contributed by atoms with Crippen LogP contribution in [0.4, 0.5) is 5.69 Å². The first-order chi connectivity index (χ1) is 23.4. The molecule has 7 rings (SSSR count). The van der Waals surface area contributed by atoms with E-state index in [0.717, 1.165) is 5.56 Å². The number of benzene rings is 4. The second kappa shape index (κ2) is 13.1. The number of nitrogens with zero attached hydrogens (tertiary/aromatic N) is 2. The van der Waals surface area contributed by atoms with Crippen LogP contribution in [0, 0.1) is 11.8 Å². The summed E-state index contributed by atoms with van der Waals surface area (Å²) in [6, 6.07) is 32.4. The molecule has 48 heavy (non-hydrogen) atoms. The van der Waals surface area contributed by atoms with Crippen molar-refractivity contribution >= 4 is 40.2 Å². The summed E-state index contributed by atoms with van der Waals surface area (Å²) in [4.78, 5) is 59.0. The van der Waals surface area contributed by atoms with Crippen LogP contribution >= 0.6 is 0 Å². The maximum absolute atomic E-state index is 13.6. The first-order valence-electron chi connectivity index (χ1n) is 15.9. The highest BCUT2D eigenvalue weighted by molar-refractivity contribution is 6.22. The van der Waals surface area contributed by atoms with Crippen molar-refractivity contribution in [1.29, 1.82) is 0 Å². The number of ether oxygens (including phenoxy) is 2. The van der Waals surface area contributed by atoms with Gasteiger partial charge in [0.15, 0.2) is 6.10 Å². The molecule has 3 atom stereocenters. The number of allylic oxidation sites excluding steroid dienone is 2. The van der Waals surface area contributed by atoms with Gasteiger partial charge in [0.1, 0.15) is 12.4 Å². The molecular formula is C40H32N2O6. The SMILES string of the molecule is CC(OC(=O)c1cc(-c2ccc(N3C(=O)C4CC=CCC4C3=O)cc2)nc2ccccc12)C(=O)c1ccc(OCc2ccccc2)cc1. The van der Waals surface area contributed by atoms with Gasteiger partial charge >= 0.3 is 5.97 Å². The lowest BCUT2D eigenvalue weighted by atomic mass is 9.85. The van der Waals surface area contributed by atoms with Gasteiger partial charge in [-0.25, -0.2) is 9.78 Å². The van der Waals surface area contributed by atoms with E-state index in [0.29, 0.717) is 58.6 Å². The molecular weight excluding hydrogens is 604 g/mol. The molecule has 4 aromatic carbocycles. The molecule has 1 fully saturated rings. The van der Waals surface area contributed by atoms with Crippen LogP contribution in [0.15, 0.2) is 121 Å². The molecule has 5 aromatic rings. The number of anilines is 1. The highest BCUT2D eigenvalue weighted by Gasteiger charge is 2.47. The topological polar surface area (TPSA) is 103 Å². The van der Waals surface area contributed by atoms with Gasteiger partial charge in [-0.2, -0.15) is 0 Å². The normalized spacial score (nSPS) is 17.6. The number of imide groups is 1. The fourth-order valence-corrected chi connectivity index (χ4v) is 6.30. The van der Waals surface area contributed by atoms with Crippen molar-refractivity contribution in [3.63, 3.8) is 0 Å². The van der Waals surface area contributed by atoms with Crippen molar-refractivity contribution < 1.29 is 28.7 Å². The van der Waals surface area contributed by atoms with Crippen molar-refractivity contribution in [2.75, 3.05) is 4.90 Å².